The van der Waals surface area contributed by atoms with Crippen LogP contribution in [-0.2, 0) is 16.6 Å². The first kappa shape index (κ1) is 20.5. The minimum absolute atomic E-state index is 0.0248. The summed E-state index contributed by atoms with van der Waals surface area (Å²) in [7, 11) is -2.51. The Bertz CT molecular complexity index is 958. The molecule has 0 radical (unpaired) electrons. The monoisotopic (exact) mass is 425 g/mol. The molecule has 8 nitrogen and oxygen atoms in total. The Hall–Kier alpha value is -2.20. The standard InChI is InChI=1S/C18H20ClN3O5S/c1-27-18-7-6-16(12-17(18)22(23)24)28(25,26)21-10-8-20(9-11-21)13-14-2-4-15(19)5-3-14/h2-7,12H,8-11,13H2,1H3. The lowest BCUT2D eigenvalue weighted by Gasteiger charge is -2.34. The molecule has 1 aliphatic heterocycles. The third kappa shape index (κ3) is 4.44. The molecule has 0 unspecified atom stereocenters. The van der Waals surface area contributed by atoms with Gasteiger partial charge in [-0.1, -0.05) is 23.7 Å². The van der Waals surface area contributed by atoms with Crippen LogP contribution >= 0.6 is 11.6 Å². The molecule has 0 spiro atoms. The first-order valence-electron chi connectivity index (χ1n) is 8.60. The van der Waals surface area contributed by atoms with E-state index < -0.39 is 14.9 Å². The summed E-state index contributed by atoms with van der Waals surface area (Å²) in [6.45, 7) is 2.48. The quantitative estimate of drug-likeness (QED) is 0.522. The van der Waals surface area contributed by atoms with Gasteiger partial charge in [-0.15, -0.1) is 0 Å². The number of piperazine rings is 1. The number of hydrogen-bond acceptors (Lipinski definition) is 6. The second-order valence-electron chi connectivity index (χ2n) is 6.40. The SMILES string of the molecule is COc1ccc(S(=O)(=O)N2CCN(Cc3ccc(Cl)cc3)CC2)cc1[N+](=O)[O-]. The van der Waals surface area contributed by atoms with Crippen LogP contribution in [0.4, 0.5) is 5.69 Å². The average Bonchev–Trinajstić information content (AvgIpc) is 2.69. The van der Waals surface area contributed by atoms with Gasteiger partial charge in [0.2, 0.25) is 10.0 Å². The maximum atomic E-state index is 12.9. The zero-order valence-corrected chi connectivity index (χ0v) is 16.8. The van der Waals surface area contributed by atoms with Gasteiger partial charge < -0.3 is 4.74 Å². The summed E-state index contributed by atoms with van der Waals surface area (Å²) in [5, 5.41) is 11.9. The number of sulfonamides is 1. The fraction of sp³-hybridized carbons (Fsp3) is 0.333. The maximum absolute atomic E-state index is 12.9. The fourth-order valence-electron chi connectivity index (χ4n) is 3.10. The van der Waals surface area contributed by atoms with Crippen LogP contribution in [0.1, 0.15) is 5.56 Å². The lowest BCUT2D eigenvalue weighted by atomic mass is 10.2. The number of benzene rings is 2. The number of hydrogen-bond donors (Lipinski definition) is 0. The summed E-state index contributed by atoms with van der Waals surface area (Å²) in [5.74, 6) is 0.0248. The molecule has 3 rings (SSSR count). The average molecular weight is 426 g/mol. The first-order chi connectivity index (χ1) is 13.3. The van der Waals surface area contributed by atoms with Gasteiger partial charge in [0.15, 0.2) is 5.75 Å². The van der Waals surface area contributed by atoms with Gasteiger partial charge in [0.1, 0.15) is 0 Å². The normalized spacial score (nSPS) is 16.1. The van der Waals surface area contributed by atoms with E-state index in [0.717, 1.165) is 11.6 Å². The number of ether oxygens (including phenoxy) is 1. The van der Waals surface area contributed by atoms with Crippen LogP contribution in [0.15, 0.2) is 47.4 Å². The van der Waals surface area contributed by atoms with Crippen LogP contribution in [-0.4, -0.2) is 55.8 Å². The third-order valence-electron chi connectivity index (χ3n) is 4.64. The van der Waals surface area contributed by atoms with Crippen molar-refractivity contribution in [3.8, 4) is 5.75 Å². The second-order valence-corrected chi connectivity index (χ2v) is 8.77. The molecule has 150 valence electrons. The predicted octanol–water partition coefficient (Wildman–Crippen LogP) is 2.76. The Morgan fingerprint density at radius 1 is 1.11 bits per heavy atom. The zero-order chi connectivity index (χ0) is 20.3. The summed E-state index contributed by atoms with van der Waals surface area (Å²) in [6.07, 6.45) is 0. The molecule has 2 aromatic rings. The molecule has 0 aliphatic carbocycles. The van der Waals surface area contributed by atoms with Crippen molar-refractivity contribution in [2.75, 3.05) is 33.3 Å². The summed E-state index contributed by atoms with van der Waals surface area (Å²) >= 11 is 5.89. The van der Waals surface area contributed by atoms with Gasteiger partial charge >= 0.3 is 5.69 Å². The van der Waals surface area contributed by atoms with Gasteiger partial charge in [-0.05, 0) is 29.8 Å². The van der Waals surface area contributed by atoms with Crippen LogP contribution < -0.4 is 4.74 Å². The van der Waals surface area contributed by atoms with E-state index in [4.69, 9.17) is 16.3 Å². The Kier molecular flexibility index (Phi) is 6.19. The summed E-state index contributed by atoms with van der Waals surface area (Å²) in [5.41, 5.74) is 0.733. The van der Waals surface area contributed by atoms with Gasteiger partial charge in [0.05, 0.1) is 16.9 Å². The fourth-order valence-corrected chi connectivity index (χ4v) is 4.67. The van der Waals surface area contributed by atoms with E-state index in [1.165, 1.54) is 23.5 Å². The van der Waals surface area contributed by atoms with E-state index in [1.54, 1.807) is 0 Å². The van der Waals surface area contributed by atoms with E-state index in [-0.39, 0.29) is 16.3 Å². The molecule has 1 fully saturated rings. The van der Waals surface area contributed by atoms with Crippen molar-refractivity contribution in [3.63, 3.8) is 0 Å². The molecule has 0 saturated carbocycles. The highest BCUT2D eigenvalue weighted by Gasteiger charge is 2.30. The van der Waals surface area contributed by atoms with Gasteiger partial charge in [0, 0.05) is 43.8 Å². The zero-order valence-electron chi connectivity index (χ0n) is 15.2. The summed E-state index contributed by atoms with van der Waals surface area (Å²) in [6, 6.07) is 11.2. The Labute approximate surface area is 168 Å². The van der Waals surface area contributed by atoms with Crippen molar-refractivity contribution >= 4 is 27.3 Å². The molecule has 1 aliphatic rings. The number of rotatable bonds is 6. The van der Waals surface area contributed by atoms with Crippen molar-refractivity contribution < 1.29 is 18.1 Å². The van der Waals surface area contributed by atoms with Crippen LogP contribution in [0.2, 0.25) is 5.02 Å². The highest BCUT2D eigenvalue weighted by Crippen LogP contribution is 2.30. The summed E-state index contributed by atoms with van der Waals surface area (Å²) < 4.78 is 32.1. The van der Waals surface area contributed by atoms with Crippen LogP contribution in [0, 0.1) is 10.1 Å². The van der Waals surface area contributed by atoms with Crippen molar-refractivity contribution in [1.29, 1.82) is 0 Å². The van der Waals surface area contributed by atoms with E-state index in [9.17, 15) is 18.5 Å². The molecule has 0 atom stereocenters. The minimum atomic E-state index is -3.82. The van der Waals surface area contributed by atoms with Gasteiger partial charge in [-0.2, -0.15) is 4.31 Å². The van der Waals surface area contributed by atoms with E-state index in [2.05, 4.69) is 4.90 Å². The molecule has 28 heavy (non-hydrogen) atoms. The first-order valence-corrected chi connectivity index (χ1v) is 10.4. The topological polar surface area (TPSA) is 93.0 Å². The van der Waals surface area contributed by atoms with E-state index >= 15 is 0 Å². The smallest absolute Gasteiger partial charge is 0.312 e. The molecule has 1 heterocycles. The van der Waals surface area contributed by atoms with E-state index in [0.29, 0.717) is 37.7 Å². The van der Waals surface area contributed by atoms with Crippen LogP contribution in [0.5, 0.6) is 5.75 Å². The lowest BCUT2D eigenvalue weighted by Crippen LogP contribution is -2.48. The number of nitrogens with zero attached hydrogens (tertiary/aromatic N) is 3. The molecule has 0 bridgehead atoms. The van der Waals surface area contributed by atoms with Crippen LogP contribution in [0.3, 0.4) is 0 Å². The summed E-state index contributed by atoms with van der Waals surface area (Å²) in [4.78, 5) is 12.6. The van der Waals surface area contributed by atoms with Crippen molar-refractivity contribution in [2.24, 2.45) is 0 Å². The van der Waals surface area contributed by atoms with Crippen molar-refractivity contribution in [1.82, 2.24) is 9.21 Å². The Morgan fingerprint density at radius 3 is 2.32 bits per heavy atom. The molecule has 0 aromatic heterocycles. The molecule has 10 heteroatoms. The molecular formula is C18H20ClN3O5S. The highest BCUT2D eigenvalue weighted by molar-refractivity contribution is 7.89. The lowest BCUT2D eigenvalue weighted by molar-refractivity contribution is -0.386. The number of nitro benzene ring substituents is 1. The maximum Gasteiger partial charge on any atom is 0.312 e. The minimum Gasteiger partial charge on any atom is -0.490 e. The molecule has 1 saturated heterocycles. The highest BCUT2D eigenvalue weighted by atomic mass is 35.5. The Morgan fingerprint density at radius 2 is 1.75 bits per heavy atom. The third-order valence-corrected chi connectivity index (χ3v) is 6.78. The van der Waals surface area contributed by atoms with Crippen LogP contribution in [0.25, 0.3) is 0 Å². The van der Waals surface area contributed by atoms with Gasteiger partial charge in [-0.3, -0.25) is 15.0 Å². The number of halogens is 1. The Balaban J connectivity index is 1.70. The molecular weight excluding hydrogens is 406 g/mol. The van der Waals surface area contributed by atoms with Crippen molar-refractivity contribution in [2.45, 2.75) is 11.4 Å². The molecule has 0 amide bonds. The van der Waals surface area contributed by atoms with E-state index in [1.807, 2.05) is 24.3 Å². The number of nitro groups is 1. The molecule has 2 aromatic carbocycles. The number of methoxy groups -OCH3 is 1. The van der Waals surface area contributed by atoms with Gasteiger partial charge in [0.25, 0.3) is 0 Å². The second kappa shape index (κ2) is 8.44. The van der Waals surface area contributed by atoms with Gasteiger partial charge in [-0.25, -0.2) is 8.42 Å². The largest absolute Gasteiger partial charge is 0.490 e. The predicted molar refractivity (Wildman–Crippen MR) is 105 cm³/mol. The molecule has 0 N–H and O–H groups in total. The van der Waals surface area contributed by atoms with Crippen molar-refractivity contribution in [3.05, 3.63) is 63.2 Å².